The van der Waals surface area contributed by atoms with E-state index in [2.05, 4.69) is 26.0 Å². The van der Waals surface area contributed by atoms with Gasteiger partial charge in [0.1, 0.15) is 5.75 Å². The predicted octanol–water partition coefficient (Wildman–Crippen LogP) is 6.55. The Hall–Kier alpha value is -3.63. The summed E-state index contributed by atoms with van der Waals surface area (Å²) in [4.78, 5) is 20.5. The highest BCUT2D eigenvalue weighted by Gasteiger charge is 2.46. The molecule has 0 aliphatic carbocycles. The molecule has 210 valence electrons. The highest BCUT2D eigenvalue weighted by molar-refractivity contribution is 6.30. The number of nitrogens with zero attached hydrogens (tertiary/aromatic N) is 3. The van der Waals surface area contributed by atoms with Gasteiger partial charge < -0.3 is 10.1 Å². The molecule has 2 aliphatic rings. The quantitative estimate of drug-likeness (QED) is 0.268. The van der Waals surface area contributed by atoms with E-state index >= 15 is 0 Å². The van der Waals surface area contributed by atoms with Crippen LogP contribution in [-0.4, -0.2) is 48.5 Å². The second kappa shape index (κ2) is 11.5. The zero-order valence-corrected chi connectivity index (χ0v) is 22.2. The Kier molecular flexibility index (Phi) is 8.00. The number of anilines is 1. The summed E-state index contributed by atoms with van der Waals surface area (Å²) in [6.07, 6.45) is 2.03. The minimum Gasteiger partial charge on any atom is -0.406 e. The summed E-state index contributed by atoms with van der Waals surface area (Å²) in [5.74, 6) is -1.05. The van der Waals surface area contributed by atoms with Gasteiger partial charge in [-0.25, -0.2) is 9.78 Å². The largest absolute Gasteiger partial charge is 0.573 e. The fraction of sp³-hybridized carbons (Fsp3) is 0.310. The fourth-order valence-electron chi connectivity index (χ4n) is 5.36. The summed E-state index contributed by atoms with van der Waals surface area (Å²) >= 11 is 5.95. The number of rotatable bonds is 6. The normalized spacial score (nSPS) is 16.9. The van der Waals surface area contributed by atoms with Crippen molar-refractivity contribution < 1.29 is 27.1 Å². The molecule has 0 unspecified atom stereocenters. The number of piperidine rings is 1. The van der Waals surface area contributed by atoms with Crippen LogP contribution < -0.4 is 15.0 Å². The van der Waals surface area contributed by atoms with Crippen molar-refractivity contribution in [3.8, 4) is 5.75 Å². The lowest BCUT2D eigenvalue weighted by atomic mass is 9.74. The van der Waals surface area contributed by atoms with Crippen LogP contribution in [0.1, 0.15) is 29.5 Å². The fourth-order valence-corrected chi connectivity index (χ4v) is 5.49. The SMILES string of the molecule is O=C(NCc1ccnc(F)c1)N1CC2(CCN(C/C=C/c3ccc(Cl)cc3)CC2)c2ccc(OC(F)(F)F)cc21. The minimum absolute atomic E-state index is 0.0452. The molecule has 2 aliphatic heterocycles. The molecule has 2 aromatic carbocycles. The summed E-state index contributed by atoms with van der Waals surface area (Å²) < 4.78 is 56.4. The van der Waals surface area contributed by atoms with E-state index in [0.29, 0.717) is 22.8 Å². The first-order chi connectivity index (χ1) is 19.1. The van der Waals surface area contributed by atoms with Gasteiger partial charge in [-0.05, 0) is 73.0 Å². The first-order valence-electron chi connectivity index (χ1n) is 12.8. The van der Waals surface area contributed by atoms with Crippen molar-refractivity contribution in [3.63, 3.8) is 0 Å². The molecular formula is C29H27ClF4N4O2. The number of benzene rings is 2. The van der Waals surface area contributed by atoms with E-state index in [-0.39, 0.29) is 12.3 Å². The Labute approximate surface area is 234 Å². The third-order valence-corrected chi connectivity index (χ3v) is 7.61. The number of likely N-dealkylation sites (tertiary alicyclic amines) is 1. The number of urea groups is 1. The molecule has 0 bridgehead atoms. The summed E-state index contributed by atoms with van der Waals surface area (Å²) in [5.41, 5.74) is 2.38. The standard InChI is InChI=1S/C29H27ClF4N4O2/c30-22-5-3-20(4-6-22)2-1-13-37-14-10-28(11-15-37)19-38(27(39)36-18-21-9-12-35-26(31)16-21)25-17-23(7-8-24(25)28)40-29(32,33)34/h1-9,12,16-17H,10-11,13-15,18-19H2,(H,36,39)/b2-1+. The second-order valence-electron chi connectivity index (χ2n) is 9.99. The van der Waals surface area contributed by atoms with Crippen molar-refractivity contribution in [1.29, 1.82) is 0 Å². The van der Waals surface area contributed by atoms with E-state index in [1.165, 1.54) is 29.3 Å². The van der Waals surface area contributed by atoms with Crippen LogP contribution in [0.25, 0.3) is 6.08 Å². The van der Waals surface area contributed by atoms with Gasteiger partial charge in [0.2, 0.25) is 5.95 Å². The molecule has 1 N–H and O–H groups in total. The van der Waals surface area contributed by atoms with Crippen molar-refractivity contribution in [3.05, 3.63) is 94.5 Å². The van der Waals surface area contributed by atoms with Crippen molar-refractivity contribution in [2.45, 2.75) is 31.2 Å². The van der Waals surface area contributed by atoms with E-state index in [1.54, 1.807) is 12.1 Å². The molecule has 11 heteroatoms. The van der Waals surface area contributed by atoms with Gasteiger partial charge in [-0.1, -0.05) is 42.0 Å². The lowest BCUT2D eigenvalue weighted by Crippen LogP contribution is -2.47. The van der Waals surface area contributed by atoms with Crippen molar-refractivity contribution in [2.24, 2.45) is 0 Å². The Balaban J connectivity index is 1.30. The number of carbonyl (C=O) groups is 1. The van der Waals surface area contributed by atoms with E-state index in [1.807, 2.05) is 30.3 Å². The number of halogens is 5. The smallest absolute Gasteiger partial charge is 0.406 e. The number of hydrogen-bond donors (Lipinski definition) is 1. The highest BCUT2D eigenvalue weighted by Crippen LogP contribution is 2.48. The van der Waals surface area contributed by atoms with Crippen LogP contribution in [0.5, 0.6) is 5.75 Å². The molecule has 1 fully saturated rings. The zero-order valence-electron chi connectivity index (χ0n) is 21.4. The van der Waals surface area contributed by atoms with Crippen LogP contribution in [-0.2, 0) is 12.0 Å². The third-order valence-electron chi connectivity index (χ3n) is 7.36. The number of aromatic nitrogens is 1. The number of carbonyl (C=O) groups excluding carboxylic acids is 1. The van der Waals surface area contributed by atoms with Crippen LogP contribution >= 0.6 is 11.6 Å². The van der Waals surface area contributed by atoms with Gasteiger partial charge in [-0.15, -0.1) is 13.2 Å². The van der Waals surface area contributed by atoms with Gasteiger partial charge in [0.05, 0.1) is 5.69 Å². The van der Waals surface area contributed by atoms with Gasteiger partial charge in [-0.2, -0.15) is 4.39 Å². The van der Waals surface area contributed by atoms with Gasteiger partial charge >= 0.3 is 12.4 Å². The Bertz CT molecular complexity index is 1390. The van der Waals surface area contributed by atoms with E-state index in [9.17, 15) is 22.4 Å². The number of pyridine rings is 1. The maximum Gasteiger partial charge on any atom is 0.573 e. The number of alkyl halides is 3. The molecular weight excluding hydrogens is 548 g/mol. The summed E-state index contributed by atoms with van der Waals surface area (Å²) in [7, 11) is 0. The minimum atomic E-state index is -4.85. The molecule has 40 heavy (non-hydrogen) atoms. The first-order valence-corrected chi connectivity index (χ1v) is 13.2. The van der Waals surface area contributed by atoms with Gasteiger partial charge in [-0.3, -0.25) is 9.80 Å². The van der Waals surface area contributed by atoms with Crippen molar-refractivity contribution in [2.75, 3.05) is 31.1 Å². The average molecular weight is 575 g/mol. The lowest BCUT2D eigenvalue weighted by molar-refractivity contribution is -0.274. The summed E-state index contributed by atoms with van der Waals surface area (Å²) in [5, 5.41) is 3.44. The van der Waals surface area contributed by atoms with Crippen LogP contribution in [0.15, 0.2) is 66.9 Å². The molecule has 5 rings (SSSR count). The van der Waals surface area contributed by atoms with E-state index in [0.717, 1.165) is 43.6 Å². The molecule has 1 aromatic heterocycles. The van der Waals surface area contributed by atoms with Crippen LogP contribution in [0.3, 0.4) is 0 Å². The first kappa shape index (κ1) is 27.9. The van der Waals surface area contributed by atoms with Crippen molar-refractivity contribution >= 4 is 29.4 Å². The zero-order chi connectivity index (χ0) is 28.3. The van der Waals surface area contributed by atoms with Crippen molar-refractivity contribution in [1.82, 2.24) is 15.2 Å². The van der Waals surface area contributed by atoms with Gasteiger partial charge in [0, 0.05) is 42.3 Å². The number of nitrogens with one attached hydrogen (secondary N) is 1. The predicted molar refractivity (Wildman–Crippen MR) is 145 cm³/mol. The molecule has 3 heterocycles. The molecule has 1 saturated heterocycles. The topological polar surface area (TPSA) is 57.7 Å². The molecule has 0 radical (unpaired) electrons. The maximum atomic E-state index is 13.5. The van der Waals surface area contributed by atoms with Gasteiger partial charge in [0.25, 0.3) is 0 Å². The number of fused-ring (bicyclic) bond motifs is 2. The maximum absolute atomic E-state index is 13.5. The molecule has 3 aromatic rings. The summed E-state index contributed by atoms with van der Waals surface area (Å²) in [6.45, 7) is 2.64. The number of amides is 2. The Morgan fingerprint density at radius 1 is 1.10 bits per heavy atom. The Morgan fingerprint density at radius 3 is 2.55 bits per heavy atom. The third kappa shape index (κ3) is 6.56. The molecule has 0 saturated carbocycles. The average Bonchev–Trinajstić information content (AvgIpc) is 3.22. The molecule has 6 nitrogen and oxygen atoms in total. The van der Waals surface area contributed by atoms with Crippen LogP contribution in [0, 0.1) is 5.95 Å². The molecule has 1 spiro atoms. The number of ether oxygens (including phenoxy) is 1. The lowest BCUT2D eigenvalue weighted by Gasteiger charge is -2.39. The van der Waals surface area contributed by atoms with Gasteiger partial charge in [0.15, 0.2) is 0 Å². The highest BCUT2D eigenvalue weighted by atomic mass is 35.5. The monoisotopic (exact) mass is 574 g/mol. The van der Waals surface area contributed by atoms with E-state index < -0.39 is 23.8 Å². The molecule has 0 atom stereocenters. The van der Waals surface area contributed by atoms with Crippen LogP contribution in [0.4, 0.5) is 28.0 Å². The van der Waals surface area contributed by atoms with Crippen LogP contribution in [0.2, 0.25) is 5.02 Å². The Morgan fingerprint density at radius 2 is 1.85 bits per heavy atom. The molecule has 2 amide bonds. The second-order valence-corrected chi connectivity index (χ2v) is 10.4. The summed E-state index contributed by atoms with van der Waals surface area (Å²) in [6, 6.07) is 14.1. The number of hydrogen-bond acceptors (Lipinski definition) is 4. The van der Waals surface area contributed by atoms with E-state index in [4.69, 9.17) is 11.6 Å².